The van der Waals surface area contributed by atoms with E-state index >= 15 is 0 Å². The van der Waals surface area contributed by atoms with Crippen LogP contribution in [0.1, 0.15) is 12.8 Å². The van der Waals surface area contributed by atoms with E-state index in [1.165, 1.54) is 5.75 Å². The molecule has 66 valence electrons. The smallest absolute Gasteiger partial charge is 0.147 e. The van der Waals surface area contributed by atoms with Crippen molar-refractivity contribution in [3.05, 3.63) is 0 Å². The standard InChI is InChI=1S/C9H12OS2/c1-2-3-4-8(10)9-7-11-5-6-12-9/h1,9H,3-7H2. The molecule has 1 atom stereocenters. The minimum absolute atomic E-state index is 0.220. The molecule has 3 heteroatoms. The van der Waals surface area contributed by atoms with Crippen LogP contribution in [0.2, 0.25) is 0 Å². The second-order valence-electron chi connectivity index (χ2n) is 2.60. The average Bonchev–Trinajstić information content (AvgIpc) is 2.15. The van der Waals surface area contributed by atoms with Crippen molar-refractivity contribution in [2.75, 3.05) is 17.3 Å². The number of Topliss-reactive ketones (excluding diaryl/α,β-unsaturated/α-hetero) is 1. The third kappa shape index (κ3) is 3.12. The van der Waals surface area contributed by atoms with E-state index in [0.717, 1.165) is 11.5 Å². The number of hydrogen-bond donors (Lipinski definition) is 0. The summed E-state index contributed by atoms with van der Waals surface area (Å²) < 4.78 is 0. The van der Waals surface area contributed by atoms with Crippen molar-refractivity contribution in [1.82, 2.24) is 0 Å². The predicted molar refractivity (Wildman–Crippen MR) is 56.6 cm³/mol. The second-order valence-corrected chi connectivity index (χ2v) is 5.07. The van der Waals surface area contributed by atoms with Gasteiger partial charge in [0.05, 0.1) is 5.25 Å². The minimum Gasteiger partial charge on any atom is -0.298 e. The molecule has 0 aliphatic carbocycles. The van der Waals surface area contributed by atoms with Gasteiger partial charge >= 0.3 is 0 Å². The van der Waals surface area contributed by atoms with Gasteiger partial charge in [-0.1, -0.05) is 0 Å². The van der Waals surface area contributed by atoms with Crippen molar-refractivity contribution >= 4 is 29.3 Å². The van der Waals surface area contributed by atoms with Crippen LogP contribution in [0.25, 0.3) is 0 Å². The molecule has 0 amide bonds. The van der Waals surface area contributed by atoms with E-state index in [2.05, 4.69) is 5.92 Å². The lowest BCUT2D eigenvalue weighted by Gasteiger charge is -2.18. The normalized spacial score (nSPS) is 23.1. The zero-order chi connectivity index (χ0) is 8.81. The number of terminal acetylenes is 1. The molecule has 1 heterocycles. The fourth-order valence-electron chi connectivity index (χ4n) is 1.03. The molecule has 1 saturated heterocycles. The molecule has 0 aromatic rings. The summed E-state index contributed by atoms with van der Waals surface area (Å²) in [5.41, 5.74) is 0. The summed E-state index contributed by atoms with van der Waals surface area (Å²) in [6.07, 6.45) is 6.25. The highest BCUT2D eigenvalue weighted by Gasteiger charge is 2.20. The van der Waals surface area contributed by atoms with Crippen molar-refractivity contribution in [3.63, 3.8) is 0 Å². The van der Waals surface area contributed by atoms with Gasteiger partial charge in [0.2, 0.25) is 0 Å². The monoisotopic (exact) mass is 200 g/mol. The summed E-state index contributed by atoms with van der Waals surface area (Å²) in [5, 5.41) is 0.220. The first kappa shape index (κ1) is 10.0. The van der Waals surface area contributed by atoms with E-state index in [4.69, 9.17) is 6.42 Å². The molecule has 1 nitrogen and oxygen atoms in total. The van der Waals surface area contributed by atoms with Gasteiger partial charge in [-0.05, 0) is 0 Å². The average molecular weight is 200 g/mol. The van der Waals surface area contributed by atoms with Crippen LogP contribution in [0.4, 0.5) is 0 Å². The van der Waals surface area contributed by atoms with Gasteiger partial charge in [-0.3, -0.25) is 4.79 Å². The van der Waals surface area contributed by atoms with E-state index < -0.39 is 0 Å². The number of carbonyl (C=O) groups is 1. The molecule has 1 unspecified atom stereocenters. The van der Waals surface area contributed by atoms with Crippen molar-refractivity contribution in [2.24, 2.45) is 0 Å². The third-order valence-electron chi connectivity index (χ3n) is 1.69. The number of thioether (sulfide) groups is 2. The lowest BCUT2D eigenvalue weighted by Crippen LogP contribution is -2.23. The Labute approximate surface area is 82.1 Å². The molecule has 0 aromatic carbocycles. The first-order valence-corrected chi connectivity index (χ1v) is 6.20. The molecular formula is C9H12OS2. The Balaban J connectivity index is 2.26. The van der Waals surface area contributed by atoms with Crippen LogP contribution < -0.4 is 0 Å². The third-order valence-corrected chi connectivity index (χ3v) is 4.49. The molecular weight excluding hydrogens is 188 g/mol. The Morgan fingerprint density at radius 3 is 3.00 bits per heavy atom. The molecule has 0 aromatic heterocycles. The van der Waals surface area contributed by atoms with Crippen molar-refractivity contribution in [2.45, 2.75) is 18.1 Å². The maximum absolute atomic E-state index is 11.4. The van der Waals surface area contributed by atoms with Gasteiger partial charge in [0.25, 0.3) is 0 Å². The molecule has 1 fully saturated rings. The summed E-state index contributed by atoms with van der Waals surface area (Å²) in [4.78, 5) is 11.4. The Kier molecular flexibility index (Phi) is 4.63. The second kappa shape index (κ2) is 5.55. The van der Waals surface area contributed by atoms with Gasteiger partial charge in [0, 0.05) is 30.1 Å². The molecule has 0 bridgehead atoms. The Hall–Kier alpha value is -0.0700. The maximum atomic E-state index is 11.4. The molecule has 1 aliphatic rings. The van der Waals surface area contributed by atoms with Crippen molar-refractivity contribution < 1.29 is 4.79 Å². The van der Waals surface area contributed by atoms with Crippen molar-refractivity contribution in [1.29, 1.82) is 0 Å². The maximum Gasteiger partial charge on any atom is 0.147 e. The molecule has 0 saturated carbocycles. The Morgan fingerprint density at radius 1 is 1.58 bits per heavy atom. The zero-order valence-electron chi connectivity index (χ0n) is 6.91. The summed E-state index contributed by atoms with van der Waals surface area (Å²) >= 11 is 3.65. The summed E-state index contributed by atoms with van der Waals surface area (Å²) in [6.45, 7) is 0. The number of hydrogen-bond acceptors (Lipinski definition) is 3. The summed E-state index contributed by atoms with van der Waals surface area (Å²) in [7, 11) is 0. The molecule has 0 radical (unpaired) electrons. The largest absolute Gasteiger partial charge is 0.298 e. The first-order valence-electron chi connectivity index (χ1n) is 4.00. The number of ketones is 1. The highest BCUT2D eigenvalue weighted by molar-refractivity contribution is 8.07. The number of rotatable bonds is 3. The lowest BCUT2D eigenvalue weighted by atomic mass is 10.2. The van der Waals surface area contributed by atoms with E-state index in [0.29, 0.717) is 18.6 Å². The molecule has 0 N–H and O–H groups in total. The fourth-order valence-corrected chi connectivity index (χ4v) is 3.71. The van der Waals surface area contributed by atoms with Crippen LogP contribution in [-0.4, -0.2) is 28.3 Å². The summed E-state index contributed by atoms with van der Waals surface area (Å²) in [5.74, 6) is 6.11. The van der Waals surface area contributed by atoms with Gasteiger partial charge < -0.3 is 0 Å². The van der Waals surface area contributed by atoms with Gasteiger partial charge in [-0.2, -0.15) is 11.8 Å². The Morgan fingerprint density at radius 2 is 2.42 bits per heavy atom. The lowest BCUT2D eigenvalue weighted by molar-refractivity contribution is -0.118. The fraction of sp³-hybridized carbons (Fsp3) is 0.667. The Bertz CT molecular complexity index is 189. The quantitative estimate of drug-likeness (QED) is 0.647. The van der Waals surface area contributed by atoms with Gasteiger partial charge in [-0.15, -0.1) is 24.1 Å². The highest BCUT2D eigenvalue weighted by atomic mass is 32.2. The minimum atomic E-state index is 0.220. The summed E-state index contributed by atoms with van der Waals surface area (Å²) in [6, 6.07) is 0. The highest BCUT2D eigenvalue weighted by Crippen LogP contribution is 2.25. The SMILES string of the molecule is C#CCCC(=O)C1CSCCS1. The van der Waals surface area contributed by atoms with Gasteiger partial charge in [-0.25, -0.2) is 0 Å². The number of carbonyl (C=O) groups excluding carboxylic acids is 1. The first-order chi connectivity index (χ1) is 5.84. The van der Waals surface area contributed by atoms with E-state index in [1.807, 2.05) is 11.8 Å². The van der Waals surface area contributed by atoms with E-state index in [-0.39, 0.29) is 5.25 Å². The molecule has 1 rings (SSSR count). The van der Waals surface area contributed by atoms with Gasteiger partial charge in [0.1, 0.15) is 5.78 Å². The van der Waals surface area contributed by atoms with Gasteiger partial charge in [0.15, 0.2) is 0 Å². The molecule has 12 heavy (non-hydrogen) atoms. The van der Waals surface area contributed by atoms with E-state index in [1.54, 1.807) is 11.8 Å². The van der Waals surface area contributed by atoms with Crippen LogP contribution >= 0.6 is 23.5 Å². The van der Waals surface area contributed by atoms with Crippen LogP contribution in [-0.2, 0) is 4.79 Å². The van der Waals surface area contributed by atoms with Crippen molar-refractivity contribution in [3.8, 4) is 12.3 Å². The topological polar surface area (TPSA) is 17.1 Å². The molecule has 0 spiro atoms. The zero-order valence-corrected chi connectivity index (χ0v) is 8.55. The molecule has 1 aliphatic heterocycles. The van der Waals surface area contributed by atoms with Crippen LogP contribution in [0.5, 0.6) is 0 Å². The van der Waals surface area contributed by atoms with Crippen LogP contribution in [0.15, 0.2) is 0 Å². The van der Waals surface area contributed by atoms with Crippen LogP contribution in [0.3, 0.4) is 0 Å². The van der Waals surface area contributed by atoms with Crippen LogP contribution in [0, 0.1) is 12.3 Å². The predicted octanol–water partition coefficient (Wildman–Crippen LogP) is 1.82. The van der Waals surface area contributed by atoms with E-state index in [9.17, 15) is 4.79 Å².